The van der Waals surface area contributed by atoms with Crippen molar-refractivity contribution in [3.63, 3.8) is 0 Å². The van der Waals surface area contributed by atoms with E-state index in [4.69, 9.17) is 0 Å². The zero-order valence-electron chi connectivity index (χ0n) is 15.3. The minimum Gasteiger partial charge on any atom is -0.336 e. The number of hydrogen-bond donors (Lipinski definition) is 1. The van der Waals surface area contributed by atoms with Gasteiger partial charge in [-0.3, -0.25) is 14.9 Å². The second-order valence-electron chi connectivity index (χ2n) is 6.63. The second kappa shape index (κ2) is 9.22. The molecule has 25 heavy (non-hydrogen) atoms. The fraction of sp³-hybridized carbons (Fsp3) is 0.765. The molecule has 8 heteroatoms. The number of carbonyl (C=O) groups is 3. The van der Waals surface area contributed by atoms with Gasteiger partial charge in [-0.25, -0.2) is 9.79 Å². The minimum absolute atomic E-state index is 0.0657. The van der Waals surface area contributed by atoms with Crippen LogP contribution < -0.4 is 5.32 Å². The van der Waals surface area contributed by atoms with Gasteiger partial charge in [-0.05, 0) is 13.3 Å². The Labute approximate surface area is 153 Å². The fourth-order valence-electron chi connectivity index (χ4n) is 3.08. The molecular formula is C17H28N4O3S. The first kappa shape index (κ1) is 19.8. The molecule has 7 nitrogen and oxygen atoms in total. The van der Waals surface area contributed by atoms with E-state index < -0.39 is 18.2 Å². The van der Waals surface area contributed by atoms with Crippen LogP contribution in [0.4, 0.5) is 4.79 Å². The van der Waals surface area contributed by atoms with Crippen LogP contribution in [0.3, 0.4) is 0 Å². The number of ketones is 1. The average Bonchev–Trinajstić information content (AvgIpc) is 2.93. The van der Waals surface area contributed by atoms with Crippen molar-refractivity contribution in [2.45, 2.75) is 64.6 Å². The number of aliphatic imine (C=N–C) groups is 1. The van der Waals surface area contributed by atoms with Gasteiger partial charge in [0.05, 0.1) is 5.75 Å². The summed E-state index contributed by atoms with van der Waals surface area (Å²) in [5, 5.41) is 3.08. The van der Waals surface area contributed by atoms with Gasteiger partial charge >= 0.3 is 6.03 Å². The van der Waals surface area contributed by atoms with Crippen molar-refractivity contribution in [1.82, 2.24) is 15.1 Å². The Balaban J connectivity index is 2.01. The molecule has 1 fully saturated rings. The van der Waals surface area contributed by atoms with E-state index in [0.717, 1.165) is 12.8 Å². The summed E-state index contributed by atoms with van der Waals surface area (Å²) in [6.07, 6.45) is 6.47. The van der Waals surface area contributed by atoms with Crippen LogP contribution in [-0.2, 0) is 9.59 Å². The summed E-state index contributed by atoms with van der Waals surface area (Å²) in [4.78, 5) is 43.5. The zero-order chi connectivity index (χ0) is 18.4. The molecule has 2 aliphatic heterocycles. The molecule has 0 saturated carbocycles. The standard InChI is InChI=1S/C17H28N4O3S/c1-4-5-6-7-8-9-10-21-13-14(18-17(21)25-11-12(2)22)20(3)16(24)19-15(13)23/h13-14H,4-11H2,1-3H3,(H,19,23,24). The molecule has 0 aliphatic carbocycles. The van der Waals surface area contributed by atoms with Crippen LogP contribution in [0.2, 0.25) is 0 Å². The van der Waals surface area contributed by atoms with E-state index in [2.05, 4.69) is 17.2 Å². The van der Waals surface area contributed by atoms with E-state index >= 15 is 0 Å². The second-order valence-corrected chi connectivity index (χ2v) is 7.57. The summed E-state index contributed by atoms with van der Waals surface area (Å²) in [5.74, 6) is 0.0853. The van der Waals surface area contributed by atoms with E-state index in [9.17, 15) is 14.4 Å². The Morgan fingerprint density at radius 2 is 1.88 bits per heavy atom. The Hall–Kier alpha value is -1.57. The summed E-state index contributed by atoms with van der Waals surface area (Å²) < 4.78 is 0. The highest BCUT2D eigenvalue weighted by Gasteiger charge is 2.48. The van der Waals surface area contributed by atoms with Crippen molar-refractivity contribution in [2.24, 2.45) is 4.99 Å². The first-order valence-electron chi connectivity index (χ1n) is 9.00. The van der Waals surface area contributed by atoms with Crippen LogP contribution in [0.5, 0.6) is 0 Å². The van der Waals surface area contributed by atoms with E-state index in [-0.39, 0.29) is 11.7 Å². The fourth-order valence-corrected chi connectivity index (χ4v) is 3.97. The zero-order valence-corrected chi connectivity index (χ0v) is 16.1. The summed E-state index contributed by atoms with van der Waals surface area (Å²) >= 11 is 1.35. The summed E-state index contributed by atoms with van der Waals surface area (Å²) in [6, 6.07) is -0.917. The number of Topliss-reactive ketones (excluding diaryl/α,β-unsaturated/α-hetero) is 1. The van der Waals surface area contributed by atoms with Gasteiger partial charge in [-0.2, -0.15) is 0 Å². The Bertz CT molecular complexity index is 552. The smallest absolute Gasteiger partial charge is 0.325 e. The number of nitrogens with one attached hydrogen (secondary N) is 1. The maximum atomic E-state index is 12.4. The maximum Gasteiger partial charge on any atom is 0.325 e. The van der Waals surface area contributed by atoms with Crippen molar-refractivity contribution >= 4 is 34.7 Å². The molecule has 0 aromatic heterocycles. The Kier molecular flexibility index (Phi) is 7.28. The number of rotatable bonds is 9. The Morgan fingerprint density at radius 1 is 1.20 bits per heavy atom. The number of thioether (sulfide) groups is 1. The minimum atomic E-state index is -0.504. The topological polar surface area (TPSA) is 82.1 Å². The van der Waals surface area contributed by atoms with Crippen LogP contribution in [0.1, 0.15) is 52.4 Å². The molecule has 0 bridgehead atoms. The molecule has 3 amide bonds. The SMILES string of the molecule is CCCCCCCCN1C(SCC(C)=O)=NC2C1C(=O)NC(=O)N2C. The number of nitrogens with zero attached hydrogens (tertiary/aromatic N) is 3. The number of amides is 3. The van der Waals surface area contributed by atoms with Crippen molar-refractivity contribution in [2.75, 3.05) is 19.3 Å². The van der Waals surface area contributed by atoms with Gasteiger partial charge in [-0.15, -0.1) is 0 Å². The molecule has 2 atom stereocenters. The van der Waals surface area contributed by atoms with Crippen molar-refractivity contribution in [3.05, 3.63) is 0 Å². The van der Waals surface area contributed by atoms with Gasteiger partial charge in [0.15, 0.2) is 17.4 Å². The maximum absolute atomic E-state index is 12.4. The monoisotopic (exact) mass is 368 g/mol. The average molecular weight is 369 g/mol. The molecule has 140 valence electrons. The predicted octanol–water partition coefficient (Wildman–Crippen LogP) is 2.22. The molecule has 0 radical (unpaired) electrons. The van der Waals surface area contributed by atoms with Crippen molar-refractivity contribution in [3.8, 4) is 0 Å². The normalized spacial score (nSPS) is 22.8. The lowest BCUT2D eigenvalue weighted by molar-refractivity contribution is -0.127. The lowest BCUT2D eigenvalue weighted by atomic mass is 10.1. The molecule has 2 rings (SSSR count). The predicted molar refractivity (Wildman–Crippen MR) is 99.5 cm³/mol. The highest BCUT2D eigenvalue weighted by atomic mass is 32.2. The third-order valence-electron chi connectivity index (χ3n) is 4.48. The lowest BCUT2D eigenvalue weighted by Gasteiger charge is -2.36. The van der Waals surface area contributed by atoms with Crippen LogP contribution in [0, 0.1) is 0 Å². The molecule has 0 aromatic rings. The third-order valence-corrected chi connectivity index (χ3v) is 5.63. The number of likely N-dealkylation sites (N-methyl/N-ethyl adjacent to an activating group) is 1. The van der Waals surface area contributed by atoms with E-state index in [1.54, 1.807) is 7.05 Å². The largest absolute Gasteiger partial charge is 0.336 e. The van der Waals surface area contributed by atoms with Crippen LogP contribution >= 0.6 is 11.8 Å². The molecule has 2 heterocycles. The van der Waals surface area contributed by atoms with Gasteiger partial charge in [0.1, 0.15) is 5.78 Å². The number of unbranched alkanes of at least 4 members (excludes halogenated alkanes) is 5. The van der Waals surface area contributed by atoms with Crippen LogP contribution in [-0.4, -0.2) is 64.2 Å². The van der Waals surface area contributed by atoms with Gasteiger partial charge in [-0.1, -0.05) is 50.8 Å². The summed E-state index contributed by atoms with van der Waals surface area (Å²) in [6.45, 7) is 4.45. The van der Waals surface area contributed by atoms with Crippen molar-refractivity contribution in [1.29, 1.82) is 0 Å². The number of hydrogen-bond acceptors (Lipinski definition) is 6. The van der Waals surface area contributed by atoms with Gasteiger partial charge in [0.2, 0.25) is 0 Å². The number of carbonyl (C=O) groups excluding carboxylic acids is 3. The number of imide groups is 1. The Morgan fingerprint density at radius 3 is 2.56 bits per heavy atom. The lowest BCUT2D eigenvalue weighted by Crippen LogP contribution is -2.63. The van der Waals surface area contributed by atoms with Crippen LogP contribution in [0.25, 0.3) is 0 Å². The number of amidine groups is 1. The molecular weight excluding hydrogens is 340 g/mol. The van der Waals surface area contributed by atoms with Gasteiger partial charge in [0.25, 0.3) is 5.91 Å². The first-order chi connectivity index (χ1) is 12.0. The molecule has 2 aliphatic rings. The van der Waals surface area contributed by atoms with Gasteiger partial charge < -0.3 is 9.80 Å². The summed E-state index contributed by atoms with van der Waals surface area (Å²) in [5.41, 5.74) is 0. The molecule has 0 spiro atoms. The molecule has 1 saturated heterocycles. The number of fused-ring (bicyclic) bond motifs is 1. The van der Waals surface area contributed by atoms with E-state index in [1.807, 2.05) is 4.90 Å². The third kappa shape index (κ3) is 4.96. The van der Waals surface area contributed by atoms with E-state index in [0.29, 0.717) is 17.5 Å². The highest BCUT2D eigenvalue weighted by Crippen LogP contribution is 2.29. The first-order valence-corrected chi connectivity index (χ1v) is 9.98. The van der Waals surface area contributed by atoms with Crippen molar-refractivity contribution < 1.29 is 14.4 Å². The summed E-state index contributed by atoms with van der Waals surface area (Å²) in [7, 11) is 1.64. The molecule has 2 unspecified atom stereocenters. The number of urea groups is 1. The van der Waals surface area contributed by atoms with Crippen LogP contribution in [0.15, 0.2) is 4.99 Å². The van der Waals surface area contributed by atoms with Gasteiger partial charge in [0, 0.05) is 13.6 Å². The molecule has 1 N–H and O–H groups in total. The molecule has 0 aromatic carbocycles. The highest BCUT2D eigenvalue weighted by molar-refractivity contribution is 8.14. The quantitative estimate of drug-likeness (QED) is 0.631. The van der Waals surface area contributed by atoms with E-state index in [1.165, 1.54) is 49.3 Å².